The van der Waals surface area contributed by atoms with Crippen molar-refractivity contribution in [2.75, 3.05) is 6.61 Å². The lowest BCUT2D eigenvalue weighted by atomic mass is 9.82. The number of halogens is 1. The molecule has 0 saturated carbocycles. The van der Waals surface area contributed by atoms with Crippen molar-refractivity contribution >= 4 is 22.4 Å². The van der Waals surface area contributed by atoms with E-state index in [-0.39, 0.29) is 16.2 Å². The molecule has 60 heavy (non-hydrogen) atoms. The molecule has 0 aliphatic carbocycles. The molecule has 0 unspecified atom stereocenters. The van der Waals surface area contributed by atoms with Crippen LogP contribution in [0.1, 0.15) is 108 Å². The van der Waals surface area contributed by atoms with E-state index in [9.17, 15) is 0 Å². The van der Waals surface area contributed by atoms with E-state index in [1.54, 1.807) is 0 Å². The summed E-state index contributed by atoms with van der Waals surface area (Å²) in [6.45, 7) is 27.3. The second kappa shape index (κ2) is 18.2. The van der Waals surface area contributed by atoms with E-state index in [4.69, 9.17) is 26.3 Å². The zero-order chi connectivity index (χ0) is 43.4. The number of benzene rings is 5. The van der Waals surface area contributed by atoms with E-state index in [0.717, 1.165) is 52.9 Å². The number of aromatic nitrogens is 2. The number of hydrogen-bond donors (Lipinski definition) is 0. The first kappa shape index (κ1) is 44.3. The van der Waals surface area contributed by atoms with Gasteiger partial charge in [0.2, 0.25) is 0 Å². The SMILES string of the molecule is CC(C)(C)c1cc(-c2cccc(Cl)c2)cc2ccccc12.CCc1cccc(-c2ccc(C)c(C(C)(C)C)n2)c1.Cc1ccc(-c2ccc3c(c2)OCC3)nc1C(C)(C)C. The van der Waals surface area contributed by atoms with Gasteiger partial charge in [-0.2, -0.15) is 0 Å². The van der Waals surface area contributed by atoms with Crippen LogP contribution >= 0.6 is 11.6 Å². The van der Waals surface area contributed by atoms with E-state index >= 15 is 0 Å². The van der Waals surface area contributed by atoms with Crippen LogP contribution in [0, 0.1) is 13.8 Å². The van der Waals surface area contributed by atoms with Crippen molar-refractivity contribution in [3.05, 3.63) is 172 Å². The number of hydrogen-bond acceptors (Lipinski definition) is 3. The maximum absolute atomic E-state index is 6.14. The largest absolute Gasteiger partial charge is 0.493 e. The van der Waals surface area contributed by atoms with E-state index < -0.39 is 0 Å². The maximum Gasteiger partial charge on any atom is 0.123 e. The van der Waals surface area contributed by atoms with Gasteiger partial charge in [0.05, 0.1) is 18.0 Å². The van der Waals surface area contributed by atoms with Gasteiger partial charge in [0.25, 0.3) is 0 Å². The molecule has 0 N–H and O–H groups in total. The first-order chi connectivity index (χ1) is 28.3. The Morgan fingerprint density at radius 2 is 1.15 bits per heavy atom. The van der Waals surface area contributed by atoms with Crippen molar-refractivity contribution in [1.29, 1.82) is 0 Å². The molecule has 3 heterocycles. The van der Waals surface area contributed by atoms with Gasteiger partial charge in [-0.1, -0.05) is 160 Å². The van der Waals surface area contributed by atoms with E-state index in [0.29, 0.717) is 0 Å². The minimum absolute atomic E-state index is 0.0628. The Morgan fingerprint density at radius 3 is 1.75 bits per heavy atom. The molecule has 0 spiro atoms. The molecule has 8 rings (SSSR count). The number of ether oxygens (including phenoxy) is 1. The van der Waals surface area contributed by atoms with Gasteiger partial charge < -0.3 is 4.74 Å². The lowest BCUT2D eigenvalue weighted by Crippen LogP contribution is -2.15. The number of fused-ring (bicyclic) bond motifs is 2. The van der Waals surface area contributed by atoms with Crippen LogP contribution in [-0.4, -0.2) is 16.6 Å². The molecule has 5 aromatic carbocycles. The fraction of sp³-hybridized carbons (Fsp3) is 0.321. The topological polar surface area (TPSA) is 35.0 Å². The predicted octanol–water partition coefficient (Wildman–Crippen LogP) is 15.7. The molecular weight excluding hydrogens is 752 g/mol. The molecule has 0 amide bonds. The minimum atomic E-state index is 0.0628. The molecule has 2 aromatic heterocycles. The van der Waals surface area contributed by atoms with Crippen molar-refractivity contribution in [1.82, 2.24) is 9.97 Å². The van der Waals surface area contributed by atoms with Crippen molar-refractivity contribution in [2.45, 2.75) is 112 Å². The monoisotopic (exact) mass is 814 g/mol. The van der Waals surface area contributed by atoms with Crippen LogP contribution in [0.25, 0.3) is 44.4 Å². The third kappa shape index (κ3) is 10.7. The first-order valence-corrected chi connectivity index (χ1v) is 21.8. The summed E-state index contributed by atoms with van der Waals surface area (Å²) >= 11 is 6.14. The van der Waals surface area contributed by atoms with Gasteiger partial charge in [0.15, 0.2) is 0 Å². The van der Waals surface area contributed by atoms with E-state index in [2.05, 4.69) is 192 Å². The highest BCUT2D eigenvalue weighted by Crippen LogP contribution is 2.36. The average Bonchev–Trinajstić information content (AvgIpc) is 3.68. The molecule has 0 fully saturated rings. The van der Waals surface area contributed by atoms with Gasteiger partial charge in [0, 0.05) is 44.8 Å². The van der Waals surface area contributed by atoms with Crippen LogP contribution in [0.2, 0.25) is 5.02 Å². The molecule has 0 bridgehead atoms. The highest BCUT2D eigenvalue weighted by atomic mass is 35.5. The lowest BCUT2D eigenvalue weighted by molar-refractivity contribution is 0.357. The highest BCUT2D eigenvalue weighted by molar-refractivity contribution is 6.30. The van der Waals surface area contributed by atoms with Crippen molar-refractivity contribution in [3.63, 3.8) is 0 Å². The smallest absolute Gasteiger partial charge is 0.123 e. The number of pyridine rings is 2. The van der Waals surface area contributed by atoms with Gasteiger partial charge in [-0.3, -0.25) is 9.97 Å². The van der Waals surface area contributed by atoms with E-state index in [1.807, 2.05) is 18.2 Å². The fourth-order valence-corrected chi connectivity index (χ4v) is 8.13. The molecule has 0 atom stereocenters. The van der Waals surface area contributed by atoms with Gasteiger partial charge in [-0.05, 0) is 124 Å². The van der Waals surface area contributed by atoms with Gasteiger partial charge in [-0.25, -0.2) is 0 Å². The zero-order valence-electron chi connectivity index (χ0n) is 37.9. The molecule has 7 aromatic rings. The Labute approximate surface area is 365 Å². The number of nitrogens with zero attached hydrogens (tertiary/aromatic N) is 2. The quantitative estimate of drug-likeness (QED) is 0.178. The minimum Gasteiger partial charge on any atom is -0.493 e. The number of rotatable bonds is 4. The van der Waals surface area contributed by atoms with Crippen LogP contribution in [0.4, 0.5) is 0 Å². The zero-order valence-corrected chi connectivity index (χ0v) is 38.7. The van der Waals surface area contributed by atoms with Gasteiger partial charge >= 0.3 is 0 Å². The first-order valence-electron chi connectivity index (χ1n) is 21.4. The Morgan fingerprint density at radius 1 is 0.550 bits per heavy atom. The standard InChI is InChI=1S/C20H19Cl.C18H21NO.C18H23N/c1-20(2,3)19-13-16(14-8-6-9-17(21)12-14)11-15-7-4-5-10-18(15)19;1-12-5-8-15(19-17(12)18(2,3)4)14-7-6-13-9-10-20-16(13)11-14;1-6-14-8-7-9-15(12-14)16-11-10-13(2)17(19-16)18(3,4)5/h4-13H,1-3H3;5-8,11H,9-10H2,1-4H3;7-12H,6H2,1-5H3. The normalized spacial score (nSPS) is 12.5. The summed E-state index contributed by atoms with van der Waals surface area (Å²) in [4.78, 5) is 9.77. The molecule has 1 aliphatic heterocycles. The summed E-state index contributed by atoms with van der Waals surface area (Å²) in [6, 6.07) is 44.9. The summed E-state index contributed by atoms with van der Waals surface area (Å²) in [7, 11) is 0. The Hall–Kier alpha value is -5.25. The summed E-state index contributed by atoms with van der Waals surface area (Å²) in [5.74, 6) is 1.02. The van der Waals surface area contributed by atoms with Crippen molar-refractivity contribution in [2.24, 2.45) is 0 Å². The summed E-state index contributed by atoms with van der Waals surface area (Å²) in [5, 5.41) is 3.38. The Bertz CT molecular complexity index is 2600. The summed E-state index contributed by atoms with van der Waals surface area (Å²) in [6.07, 6.45) is 2.08. The van der Waals surface area contributed by atoms with Crippen LogP contribution in [0.5, 0.6) is 5.75 Å². The second-order valence-electron chi connectivity index (χ2n) is 19.2. The second-order valence-corrected chi connectivity index (χ2v) is 19.6. The van der Waals surface area contributed by atoms with Gasteiger partial charge in [-0.15, -0.1) is 0 Å². The predicted molar refractivity (Wildman–Crippen MR) is 258 cm³/mol. The Balaban J connectivity index is 0.000000151. The molecular formula is C56H63ClN2O. The average molecular weight is 816 g/mol. The van der Waals surface area contributed by atoms with E-state index in [1.165, 1.54) is 61.0 Å². The molecule has 1 aliphatic rings. The summed E-state index contributed by atoms with van der Waals surface area (Å²) < 4.78 is 5.65. The lowest BCUT2D eigenvalue weighted by Gasteiger charge is -2.23. The maximum atomic E-state index is 6.14. The third-order valence-corrected chi connectivity index (χ3v) is 11.3. The molecule has 310 valence electrons. The Kier molecular flexibility index (Phi) is 13.4. The van der Waals surface area contributed by atoms with Crippen molar-refractivity contribution < 1.29 is 4.74 Å². The van der Waals surface area contributed by atoms with Crippen molar-refractivity contribution in [3.8, 4) is 39.4 Å². The molecule has 3 nitrogen and oxygen atoms in total. The fourth-order valence-electron chi connectivity index (χ4n) is 7.94. The van der Waals surface area contributed by atoms with Crippen LogP contribution in [-0.2, 0) is 29.1 Å². The molecule has 0 saturated heterocycles. The van der Waals surface area contributed by atoms with Crippen LogP contribution in [0.3, 0.4) is 0 Å². The van der Waals surface area contributed by atoms with Gasteiger partial charge in [0.1, 0.15) is 5.75 Å². The molecule has 4 heteroatoms. The third-order valence-electron chi connectivity index (χ3n) is 11.1. The van der Waals surface area contributed by atoms with Crippen LogP contribution < -0.4 is 4.74 Å². The highest BCUT2D eigenvalue weighted by Gasteiger charge is 2.21. The number of aryl methyl sites for hydroxylation is 3. The van der Waals surface area contributed by atoms with Crippen LogP contribution in [0.15, 0.2) is 127 Å². The molecule has 0 radical (unpaired) electrons. The summed E-state index contributed by atoms with van der Waals surface area (Å²) in [5.41, 5.74) is 16.0.